The van der Waals surface area contributed by atoms with E-state index in [0.717, 1.165) is 11.3 Å². The van der Waals surface area contributed by atoms with E-state index in [0.29, 0.717) is 21.7 Å². The van der Waals surface area contributed by atoms with Gasteiger partial charge in [0.05, 0.1) is 16.3 Å². The van der Waals surface area contributed by atoms with Gasteiger partial charge in [-0.1, -0.05) is 35.6 Å². The van der Waals surface area contributed by atoms with Crippen LogP contribution in [0.1, 0.15) is 15.2 Å². The summed E-state index contributed by atoms with van der Waals surface area (Å²) >= 11 is 0.975. The third kappa shape index (κ3) is 4.02. The molecule has 0 amide bonds. The van der Waals surface area contributed by atoms with Crippen LogP contribution >= 0.6 is 11.3 Å². The van der Waals surface area contributed by atoms with E-state index >= 15 is 0 Å². The number of hydrogen-bond acceptors (Lipinski definition) is 6. The van der Waals surface area contributed by atoms with Crippen LogP contribution in [0, 0.1) is 6.92 Å². The number of nitrogens with one attached hydrogen (secondary N) is 1. The molecule has 0 saturated heterocycles. The summed E-state index contributed by atoms with van der Waals surface area (Å²) in [6, 6.07) is 14.8. The van der Waals surface area contributed by atoms with Gasteiger partial charge in [-0.05, 0) is 42.3 Å². The molecule has 4 N–H and O–H groups in total. The zero-order valence-electron chi connectivity index (χ0n) is 14.7. The fourth-order valence-electron chi connectivity index (χ4n) is 2.58. The molecule has 3 aromatic rings. The van der Waals surface area contributed by atoms with Crippen LogP contribution in [0.15, 0.2) is 69.8 Å². The topological polar surface area (TPSA) is 134 Å². The van der Waals surface area contributed by atoms with Gasteiger partial charge in [0.1, 0.15) is 4.88 Å². The summed E-state index contributed by atoms with van der Waals surface area (Å²) in [5.41, 5.74) is 1.83. The third-order valence-electron chi connectivity index (χ3n) is 3.88. The Balaban J connectivity index is 2.00. The number of hydrogen-bond donors (Lipinski definition) is 3. The van der Waals surface area contributed by atoms with E-state index in [1.807, 2.05) is 0 Å². The molecule has 1 heterocycles. The normalized spacial score (nSPS) is 11.6. The monoisotopic (exact) mass is 416 g/mol. The van der Waals surface area contributed by atoms with Crippen molar-refractivity contribution in [2.24, 2.45) is 16.2 Å². The fraction of sp³-hybridized carbons (Fsp3) is 0.0556. The zero-order chi connectivity index (χ0) is 20.3. The number of anilines is 1. The summed E-state index contributed by atoms with van der Waals surface area (Å²) < 4.78 is 27.8. The molecule has 0 radical (unpaired) electrons. The summed E-state index contributed by atoms with van der Waals surface area (Å²) in [5, 5.41) is 16.4. The Morgan fingerprint density at radius 2 is 1.82 bits per heavy atom. The largest absolute Gasteiger partial charge is 0.477 e. The molecule has 0 aliphatic heterocycles. The SMILES string of the molecule is Cc1ccccc1S(=O)(=O)Nc1cc(-c2ccc(N=NN)cc2)sc1C(=O)O. The predicted octanol–water partition coefficient (Wildman–Crippen LogP) is 4.18. The summed E-state index contributed by atoms with van der Waals surface area (Å²) in [7, 11) is -3.93. The fourth-order valence-corrected chi connectivity index (χ4v) is 4.92. The van der Waals surface area contributed by atoms with Gasteiger partial charge in [-0.3, -0.25) is 4.72 Å². The maximum absolute atomic E-state index is 12.7. The summed E-state index contributed by atoms with van der Waals surface area (Å²) in [6.45, 7) is 1.67. The van der Waals surface area contributed by atoms with Gasteiger partial charge < -0.3 is 10.9 Å². The number of thiophene rings is 1. The Labute approximate surface area is 165 Å². The Morgan fingerprint density at radius 1 is 1.14 bits per heavy atom. The van der Waals surface area contributed by atoms with E-state index in [1.54, 1.807) is 49.4 Å². The molecular formula is C18H16N4O4S2. The van der Waals surface area contributed by atoms with Crippen molar-refractivity contribution >= 4 is 38.7 Å². The van der Waals surface area contributed by atoms with Crippen molar-refractivity contribution in [1.82, 2.24) is 0 Å². The average molecular weight is 416 g/mol. The number of sulfonamides is 1. The van der Waals surface area contributed by atoms with E-state index < -0.39 is 16.0 Å². The third-order valence-corrected chi connectivity index (χ3v) is 6.58. The minimum absolute atomic E-state index is 0.0153. The Hall–Kier alpha value is -3.24. The first kappa shape index (κ1) is 19.5. The summed E-state index contributed by atoms with van der Waals surface area (Å²) in [4.78, 5) is 12.2. The first-order valence-electron chi connectivity index (χ1n) is 7.99. The summed E-state index contributed by atoms with van der Waals surface area (Å²) in [6.07, 6.45) is 0. The Morgan fingerprint density at radius 3 is 2.43 bits per heavy atom. The van der Waals surface area contributed by atoms with E-state index in [-0.39, 0.29) is 15.5 Å². The number of nitrogens with zero attached hydrogens (tertiary/aromatic N) is 2. The highest BCUT2D eigenvalue weighted by molar-refractivity contribution is 7.92. The lowest BCUT2D eigenvalue weighted by Gasteiger charge is -2.09. The molecule has 0 fully saturated rings. The van der Waals surface area contributed by atoms with Crippen LogP contribution < -0.4 is 10.6 Å². The summed E-state index contributed by atoms with van der Waals surface area (Å²) in [5.74, 6) is 3.80. The minimum Gasteiger partial charge on any atom is -0.477 e. The van der Waals surface area contributed by atoms with Crippen molar-refractivity contribution < 1.29 is 18.3 Å². The first-order valence-corrected chi connectivity index (χ1v) is 10.3. The van der Waals surface area contributed by atoms with E-state index in [1.165, 1.54) is 12.1 Å². The number of rotatable bonds is 6. The van der Waals surface area contributed by atoms with Gasteiger partial charge in [0, 0.05) is 4.88 Å². The molecule has 28 heavy (non-hydrogen) atoms. The second kappa shape index (κ2) is 7.79. The highest BCUT2D eigenvalue weighted by atomic mass is 32.2. The quantitative estimate of drug-likeness (QED) is 0.315. The molecule has 8 nitrogen and oxygen atoms in total. The van der Waals surface area contributed by atoms with E-state index in [2.05, 4.69) is 15.1 Å². The highest BCUT2D eigenvalue weighted by Crippen LogP contribution is 2.36. The number of carbonyl (C=O) groups is 1. The average Bonchev–Trinajstić information content (AvgIpc) is 3.06. The molecule has 0 atom stereocenters. The molecular weight excluding hydrogens is 400 g/mol. The molecule has 1 aromatic heterocycles. The van der Waals surface area contributed by atoms with Crippen LogP contribution in [0.3, 0.4) is 0 Å². The van der Waals surface area contributed by atoms with Gasteiger partial charge in [-0.25, -0.2) is 13.2 Å². The molecule has 0 aliphatic rings. The van der Waals surface area contributed by atoms with Crippen molar-refractivity contribution in [3.8, 4) is 10.4 Å². The van der Waals surface area contributed by atoms with Gasteiger partial charge in [0.15, 0.2) is 0 Å². The second-order valence-corrected chi connectivity index (χ2v) is 8.49. The van der Waals surface area contributed by atoms with Crippen LogP contribution in [0.2, 0.25) is 0 Å². The first-order chi connectivity index (χ1) is 13.3. The number of carboxylic acids is 1. The number of nitrogens with two attached hydrogens (primary N) is 1. The van der Waals surface area contributed by atoms with Crippen LogP contribution in [0.4, 0.5) is 11.4 Å². The molecule has 0 saturated carbocycles. The number of carboxylic acid groups (broad SMARTS) is 1. The molecule has 3 rings (SSSR count). The van der Waals surface area contributed by atoms with Crippen LogP contribution in [0.5, 0.6) is 0 Å². The van der Waals surface area contributed by atoms with E-state index in [4.69, 9.17) is 5.84 Å². The van der Waals surface area contributed by atoms with Gasteiger partial charge in [-0.15, -0.1) is 16.5 Å². The smallest absolute Gasteiger partial charge is 0.348 e. The molecule has 0 unspecified atom stereocenters. The van der Waals surface area contributed by atoms with Crippen molar-refractivity contribution in [2.45, 2.75) is 11.8 Å². The minimum atomic E-state index is -3.93. The van der Waals surface area contributed by atoms with Gasteiger partial charge in [0.25, 0.3) is 10.0 Å². The Kier molecular flexibility index (Phi) is 5.43. The predicted molar refractivity (Wildman–Crippen MR) is 107 cm³/mol. The van der Waals surface area contributed by atoms with E-state index in [9.17, 15) is 18.3 Å². The molecule has 10 heteroatoms. The van der Waals surface area contributed by atoms with Gasteiger partial charge in [-0.2, -0.15) is 0 Å². The Bertz CT molecular complexity index is 1150. The molecule has 0 aliphatic carbocycles. The van der Waals surface area contributed by atoms with Crippen molar-refractivity contribution in [2.75, 3.05) is 4.72 Å². The maximum Gasteiger partial charge on any atom is 0.348 e. The number of aromatic carboxylic acids is 1. The van der Waals surface area contributed by atoms with Crippen LogP contribution in [-0.4, -0.2) is 19.5 Å². The lowest BCUT2D eigenvalue weighted by Crippen LogP contribution is -2.15. The second-order valence-electron chi connectivity index (χ2n) is 5.79. The number of benzene rings is 2. The van der Waals surface area contributed by atoms with Crippen LogP contribution in [-0.2, 0) is 10.0 Å². The van der Waals surface area contributed by atoms with Gasteiger partial charge >= 0.3 is 5.97 Å². The molecule has 0 spiro atoms. The zero-order valence-corrected chi connectivity index (χ0v) is 16.3. The lowest BCUT2D eigenvalue weighted by atomic mass is 10.1. The molecule has 0 bridgehead atoms. The maximum atomic E-state index is 12.7. The molecule has 144 valence electrons. The van der Waals surface area contributed by atoms with Crippen molar-refractivity contribution in [3.05, 3.63) is 65.0 Å². The van der Waals surface area contributed by atoms with Crippen molar-refractivity contribution in [1.29, 1.82) is 0 Å². The van der Waals surface area contributed by atoms with Crippen molar-refractivity contribution in [3.63, 3.8) is 0 Å². The standard InChI is InChI=1S/C18H16N4O4S2/c1-11-4-2-3-5-16(11)28(25,26)21-14-10-15(27-17(14)18(23)24)12-6-8-13(9-7-12)20-22-19/h2-10,21H,1H3,(H2,19,20)(H,23,24). The number of aryl methyl sites for hydroxylation is 1. The van der Waals surface area contributed by atoms with Crippen LogP contribution in [0.25, 0.3) is 10.4 Å². The lowest BCUT2D eigenvalue weighted by molar-refractivity contribution is 0.0703. The molecule has 2 aromatic carbocycles. The highest BCUT2D eigenvalue weighted by Gasteiger charge is 2.23. The van der Waals surface area contributed by atoms with Gasteiger partial charge in [0.2, 0.25) is 0 Å².